The highest BCUT2D eigenvalue weighted by molar-refractivity contribution is 6.01. The van der Waals surface area contributed by atoms with Crippen LogP contribution >= 0.6 is 0 Å². The van der Waals surface area contributed by atoms with Gasteiger partial charge in [-0.25, -0.2) is 0 Å². The van der Waals surface area contributed by atoms with Gasteiger partial charge in [0, 0.05) is 11.5 Å². The van der Waals surface area contributed by atoms with Gasteiger partial charge >= 0.3 is 0 Å². The number of carbonyl (C=O) groups excluding carboxylic acids is 1. The lowest BCUT2D eigenvalue weighted by molar-refractivity contribution is -0.198. The molecule has 1 aromatic heterocycles. The Morgan fingerprint density at radius 3 is 2.69 bits per heavy atom. The molecule has 0 radical (unpaired) electrons. The molecule has 1 aromatic rings. The average Bonchev–Trinajstić information content (AvgIpc) is 2.75. The van der Waals surface area contributed by atoms with E-state index in [0.29, 0.717) is 10.6 Å². The van der Waals surface area contributed by atoms with Gasteiger partial charge in [-0.1, -0.05) is 32.4 Å². The van der Waals surface area contributed by atoms with Crippen LogP contribution in [0.15, 0.2) is 23.1 Å². The highest BCUT2D eigenvalue weighted by Crippen LogP contribution is 2.50. The Hall–Kier alpha value is -2.16. The molecule has 8 nitrogen and oxygen atoms in total. The maximum Gasteiger partial charge on any atom is 0.297 e. The Balaban J connectivity index is 1.64. The Kier molecular flexibility index (Phi) is 5.03. The van der Waals surface area contributed by atoms with E-state index in [-0.39, 0.29) is 47.5 Å². The number of nitrogens with zero attached hydrogens (tertiary/aromatic N) is 1. The third kappa shape index (κ3) is 2.99. The number of ketones is 1. The van der Waals surface area contributed by atoms with Crippen molar-refractivity contribution in [2.75, 3.05) is 0 Å². The first-order chi connectivity index (χ1) is 15.1. The summed E-state index contributed by atoms with van der Waals surface area (Å²) in [5, 5.41) is 42.5. The molecule has 174 valence electrons. The molecule has 9 atom stereocenters. The summed E-state index contributed by atoms with van der Waals surface area (Å²) >= 11 is 0. The number of hydrogen-bond acceptors (Lipinski definition) is 7. The highest BCUT2D eigenvalue weighted by Gasteiger charge is 2.56. The predicted octanol–water partition coefficient (Wildman–Crippen LogP) is 1.61. The minimum atomic E-state index is -1.83. The van der Waals surface area contributed by atoms with Crippen LogP contribution in [0.3, 0.4) is 0 Å². The maximum absolute atomic E-state index is 13.9. The van der Waals surface area contributed by atoms with E-state index in [1.54, 1.807) is 0 Å². The minimum Gasteiger partial charge on any atom is -0.483 e. The van der Waals surface area contributed by atoms with Crippen LogP contribution in [0.1, 0.15) is 61.9 Å². The zero-order valence-corrected chi connectivity index (χ0v) is 18.3. The van der Waals surface area contributed by atoms with Gasteiger partial charge in [0.1, 0.15) is 23.0 Å². The number of rotatable bonds is 2. The van der Waals surface area contributed by atoms with Crippen LogP contribution < -0.4 is 10.3 Å². The van der Waals surface area contributed by atoms with Crippen LogP contribution in [0.25, 0.3) is 0 Å². The first-order valence-corrected chi connectivity index (χ1v) is 11.6. The molecule has 0 amide bonds. The summed E-state index contributed by atoms with van der Waals surface area (Å²) in [6.45, 7) is 4.16. The molecule has 1 aliphatic heterocycles. The van der Waals surface area contributed by atoms with E-state index in [2.05, 4.69) is 13.0 Å². The van der Waals surface area contributed by atoms with Crippen LogP contribution in [0, 0.1) is 29.6 Å². The largest absolute Gasteiger partial charge is 0.483 e. The number of hydrogen-bond donors (Lipinski definition) is 4. The smallest absolute Gasteiger partial charge is 0.297 e. The zero-order chi connectivity index (χ0) is 22.9. The Morgan fingerprint density at radius 2 is 1.94 bits per heavy atom. The topological polar surface area (TPSA) is 129 Å². The monoisotopic (exact) mass is 445 g/mol. The minimum absolute atomic E-state index is 0.00595. The zero-order valence-electron chi connectivity index (χ0n) is 18.3. The van der Waals surface area contributed by atoms with Crippen molar-refractivity contribution in [2.45, 2.75) is 69.9 Å². The molecule has 2 bridgehead atoms. The summed E-state index contributed by atoms with van der Waals surface area (Å²) in [6, 6.07) is 0. The summed E-state index contributed by atoms with van der Waals surface area (Å²) < 4.78 is 6.14. The second-order valence-electron chi connectivity index (χ2n) is 10.3. The SMILES string of the molecule is CC1CCC2C(C=CC(C)C2C(=O)c2c3c(cn(O)c2=O)C2(O)CCC(O)C(O3)C2O)C1. The third-order valence-corrected chi connectivity index (χ3v) is 8.32. The fourth-order valence-corrected chi connectivity index (χ4v) is 6.51. The van der Waals surface area contributed by atoms with Crippen molar-refractivity contribution in [1.82, 2.24) is 4.73 Å². The average molecular weight is 446 g/mol. The number of Topliss-reactive ketones (excluding diaryl/α,β-unsaturated/α-hetero) is 1. The lowest BCUT2D eigenvalue weighted by Crippen LogP contribution is -2.61. The molecule has 2 heterocycles. The van der Waals surface area contributed by atoms with E-state index in [1.807, 2.05) is 13.0 Å². The van der Waals surface area contributed by atoms with Gasteiger partial charge in [0.05, 0.1) is 12.3 Å². The van der Waals surface area contributed by atoms with Crippen molar-refractivity contribution in [1.29, 1.82) is 0 Å². The van der Waals surface area contributed by atoms with E-state index in [1.165, 1.54) is 0 Å². The van der Waals surface area contributed by atoms with Gasteiger partial charge in [0.2, 0.25) is 0 Å². The van der Waals surface area contributed by atoms with Crippen LogP contribution in [0.2, 0.25) is 0 Å². The molecule has 9 unspecified atom stereocenters. The number of fused-ring (bicyclic) bond motifs is 5. The van der Waals surface area contributed by atoms with Gasteiger partial charge in [0.25, 0.3) is 5.56 Å². The number of ether oxygens (including phenoxy) is 1. The van der Waals surface area contributed by atoms with Crippen molar-refractivity contribution in [3.63, 3.8) is 0 Å². The van der Waals surface area contributed by atoms with Crippen molar-refractivity contribution < 1.29 is 30.1 Å². The Labute approximate surface area is 186 Å². The molecule has 0 saturated heterocycles. The molecular formula is C24H31NO7. The summed E-state index contributed by atoms with van der Waals surface area (Å²) in [7, 11) is 0. The highest BCUT2D eigenvalue weighted by atomic mass is 16.5. The van der Waals surface area contributed by atoms with Gasteiger partial charge in [-0.3, -0.25) is 9.59 Å². The van der Waals surface area contributed by atoms with Crippen LogP contribution in [-0.4, -0.2) is 49.4 Å². The standard InChI is InChI=1S/C24H31NO7/c1-11-3-6-14-13(9-11)5-4-12(2)17(14)19(27)18-20-15(10-25(31)23(18)29)24(30)8-7-16(26)21(32-20)22(24)28/h4-5,10-14,16-17,21-22,26,28,30-31H,3,6-9H2,1-2H3. The fourth-order valence-electron chi connectivity index (χ4n) is 6.51. The van der Waals surface area contributed by atoms with E-state index in [9.17, 15) is 30.1 Å². The molecule has 2 fully saturated rings. The lowest BCUT2D eigenvalue weighted by Gasteiger charge is -2.48. The molecule has 8 heteroatoms. The molecule has 5 rings (SSSR count). The van der Waals surface area contributed by atoms with E-state index in [0.717, 1.165) is 25.5 Å². The molecule has 4 N–H and O–H groups in total. The van der Waals surface area contributed by atoms with Crippen LogP contribution in [0.4, 0.5) is 0 Å². The third-order valence-electron chi connectivity index (χ3n) is 8.32. The summed E-state index contributed by atoms with van der Waals surface area (Å²) in [4.78, 5) is 27.0. The number of carbonyl (C=O) groups is 1. The van der Waals surface area contributed by atoms with Gasteiger partial charge < -0.3 is 25.3 Å². The van der Waals surface area contributed by atoms with E-state index in [4.69, 9.17) is 4.74 Å². The Morgan fingerprint density at radius 1 is 1.19 bits per heavy atom. The van der Waals surface area contributed by atoms with Crippen molar-refractivity contribution >= 4 is 5.78 Å². The van der Waals surface area contributed by atoms with Crippen molar-refractivity contribution in [2.24, 2.45) is 29.6 Å². The van der Waals surface area contributed by atoms with Crippen molar-refractivity contribution in [3.8, 4) is 5.75 Å². The lowest BCUT2D eigenvalue weighted by atomic mass is 9.61. The number of pyridine rings is 1. The quantitative estimate of drug-likeness (QED) is 0.309. The molecule has 3 aliphatic carbocycles. The van der Waals surface area contributed by atoms with E-state index >= 15 is 0 Å². The predicted molar refractivity (Wildman–Crippen MR) is 114 cm³/mol. The molecule has 0 spiro atoms. The van der Waals surface area contributed by atoms with E-state index < -0.39 is 41.2 Å². The summed E-state index contributed by atoms with van der Waals surface area (Å²) in [6.07, 6.45) is 4.67. The summed E-state index contributed by atoms with van der Waals surface area (Å²) in [5.74, 6) is -0.165. The Bertz CT molecular complexity index is 1030. The van der Waals surface area contributed by atoms with Gasteiger partial charge in [-0.15, -0.1) is 0 Å². The molecular weight excluding hydrogens is 414 g/mol. The molecule has 2 saturated carbocycles. The second-order valence-corrected chi connectivity index (χ2v) is 10.3. The summed E-state index contributed by atoms with van der Waals surface area (Å²) in [5.41, 5.74) is -3.04. The number of allylic oxidation sites excluding steroid dienone is 2. The number of aliphatic hydroxyl groups is 3. The molecule has 0 aromatic carbocycles. The van der Waals surface area contributed by atoms with Crippen LogP contribution in [0.5, 0.6) is 5.75 Å². The fraction of sp³-hybridized carbons (Fsp3) is 0.667. The first-order valence-electron chi connectivity index (χ1n) is 11.6. The number of aliphatic hydroxyl groups excluding tert-OH is 2. The van der Waals surface area contributed by atoms with Gasteiger partial charge in [-0.2, -0.15) is 4.73 Å². The second kappa shape index (κ2) is 7.43. The van der Waals surface area contributed by atoms with Gasteiger partial charge in [-0.05, 0) is 49.4 Å². The number of aromatic nitrogens is 1. The molecule has 4 aliphatic rings. The van der Waals surface area contributed by atoms with Crippen molar-refractivity contribution in [3.05, 3.63) is 39.8 Å². The first kappa shape index (κ1) is 21.7. The molecule has 32 heavy (non-hydrogen) atoms. The van der Waals surface area contributed by atoms with Crippen LogP contribution in [-0.2, 0) is 5.60 Å². The normalized spacial score (nSPS) is 42.5. The maximum atomic E-state index is 13.9. The van der Waals surface area contributed by atoms with Gasteiger partial charge in [0.15, 0.2) is 11.9 Å².